The van der Waals surface area contributed by atoms with Gasteiger partial charge in [0.2, 0.25) is 5.91 Å². The van der Waals surface area contributed by atoms with E-state index in [0.717, 1.165) is 5.56 Å². The van der Waals surface area contributed by atoms with Crippen molar-refractivity contribution in [3.8, 4) is 11.5 Å². The minimum atomic E-state index is -0.564. The van der Waals surface area contributed by atoms with Gasteiger partial charge in [0.25, 0.3) is 5.91 Å². The number of rotatable bonds is 8. The molecular weight excluding hydrogens is 354 g/mol. The van der Waals surface area contributed by atoms with Crippen LogP contribution in [0.2, 0.25) is 0 Å². The highest BCUT2D eigenvalue weighted by Gasteiger charge is 2.21. The molecule has 0 aliphatic rings. The molecule has 1 heterocycles. The fourth-order valence-corrected chi connectivity index (χ4v) is 3.20. The molecule has 2 aromatic rings. The predicted octanol–water partition coefficient (Wildman–Crippen LogP) is 2.32. The summed E-state index contributed by atoms with van der Waals surface area (Å²) in [7, 11) is 5.03. The van der Waals surface area contributed by atoms with Crippen LogP contribution >= 0.6 is 11.3 Å². The Morgan fingerprint density at radius 1 is 1.27 bits per heavy atom. The summed E-state index contributed by atoms with van der Waals surface area (Å²) in [5, 5.41) is 4.95. The smallest absolute Gasteiger partial charge is 0.251 e. The Hall–Kier alpha value is -2.58. The van der Waals surface area contributed by atoms with Crippen molar-refractivity contribution in [3.05, 3.63) is 40.8 Å². The third kappa shape index (κ3) is 4.53. The van der Waals surface area contributed by atoms with E-state index in [1.165, 1.54) is 11.3 Å². The topological polar surface area (TPSA) is 93.9 Å². The summed E-state index contributed by atoms with van der Waals surface area (Å²) in [6.07, 6.45) is 0. The molecule has 0 fully saturated rings. The highest BCUT2D eigenvalue weighted by atomic mass is 32.1. The Balaban J connectivity index is 2.07. The maximum absolute atomic E-state index is 12.5. The van der Waals surface area contributed by atoms with Gasteiger partial charge in [0.1, 0.15) is 16.5 Å². The molecule has 0 saturated carbocycles. The molecule has 140 valence electrons. The molecule has 0 saturated heterocycles. The molecule has 0 radical (unpaired) electrons. The van der Waals surface area contributed by atoms with Gasteiger partial charge >= 0.3 is 0 Å². The number of methoxy groups -OCH3 is 2. The van der Waals surface area contributed by atoms with Crippen molar-refractivity contribution >= 4 is 28.2 Å². The minimum absolute atomic E-state index is 0.218. The number of ether oxygens (including phenoxy) is 2. The van der Waals surface area contributed by atoms with E-state index in [1.54, 1.807) is 38.7 Å². The second-order valence-corrected chi connectivity index (χ2v) is 6.70. The van der Waals surface area contributed by atoms with E-state index in [0.29, 0.717) is 28.6 Å². The van der Waals surface area contributed by atoms with Crippen LogP contribution in [0.5, 0.6) is 11.5 Å². The van der Waals surface area contributed by atoms with Gasteiger partial charge in [-0.2, -0.15) is 0 Å². The Labute approximate surface area is 156 Å². The zero-order chi connectivity index (χ0) is 19.3. The predicted molar refractivity (Wildman–Crippen MR) is 102 cm³/mol. The maximum Gasteiger partial charge on any atom is 0.251 e. The fraction of sp³-hybridized carbons (Fsp3) is 0.333. The fourth-order valence-electron chi connectivity index (χ4n) is 2.40. The van der Waals surface area contributed by atoms with Crippen LogP contribution in [0.3, 0.4) is 0 Å². The van der Waals surface area contributed by atoms with Crippen molar-refractivity contribution in [3.63, 3.8) is 0 Å². The zero-order valence-corrected chi connectivity index (χ0v) is 16.1. The largest absolute Gasteiger partial charge is 0.497 e. The number of carbonyl (C=O) groups excluding carboxylic acids is 2. The number of amides is 2. The number of thiophene rings is 1. The lowest BCUT2D eigenvalue weighted by atomic mass is 10.1. The van der Waals surface area contributed by atoms with E-state index in [2.05, 4.69) is 5.32 Å². The van der Waals surface area contributed by atoms with E-state index < -0.39 is 11.9 Å². The summed E-state index contributed by atoms with van der Waals surface area (Å²) in [6.45, 7) is 2.30. The molecule has 8 heteroatoms. The first kappa shape index (κ1) is 19.7. The van der Waals surface area contributed by atoms with E-state index in [-0.39, 0.29) is 5.91 Å². The summed E-state index contributed by atoms with van der Waals surface area (Å²) >= 11 is 1.26. The summed E-state index contributed by atoms with van der Waals surface area (Å²) in [4.78, 5) is 25.8. The number of likely N-dealkylation sites (N-methyl/N-ethyl adjacent to an activating group) is 1. The summed E-state index contributed by atoms with van der Waals surface area (Å²) < 4.78 is 10.6. The van der Waals surface area contributed by atoms with Crippen molar-refractivity contribution in [1.82, 2.24) is 4.90 Å². The van der Waals surface area contributed by atoms with Crippen LogP contribution in [0.1, 0.15) is 22.8 Å². The van der Waals surface area contributed by atoms with Gasteiger partial charge in [0.05, 0.1) is 25.8 Å². The normalized spacial score (nSPS) is 11.9. The number of anilines is 1. The van der Waals surface area contributed by atoms with Crippen LogP contribution in [-0.2, 0) is 11.3 Å². The lowest BCUT2D eigenvalue weighted by Crippen LogP contribution is -2.39. The molecule has 2 rings (SSSR count). The molecule has 0 spiro atoms. The number of hydrogen-bond acceptors (Lipinski definition) is 6. The zero-order valence-electron chi connectivity index (χ0n) is 15.2. The average Bonchev–Trinajstić information content (AvgIpc) is 3.09. The van der Waals surface area contributed by atoms with Crippen LogP contribution < -0.4 is 20.5 Å². The van der Waals surface area contributed by atoms with Crippen LogP contribution in [0.15, 0.2) is 29.6 Å². The van der Waals surface area contributed by atoms with Gasteiger partial charge in [0, 0.05) is 18.2 Å². The van der Waals surface area contributed by atoms with Gasteiger partial charge in [-0.15, -0.1) is 11.3 Å². The first-order valence-corrected chi connectivity index (χ1v) is 8.84. The Kier molecular flexibility index (Phi) is 6.59. The lowest BCUT2D eigenvalue weighted by molar-refractivity contribution is -0.120. The van der Waals surface area contributed by atoms with Crippen molar-refractivity contribution in [2.75, 3.05) is 26.6 Å². The van der Waals surface area contributed by atoms with Gasteiger partial charge < -0.3 is 20.5 Å². The Morgan fingerprint density at radius 2 is 2.00 bits per heavy atom. The average molecular weight is 377 g/mol. The quantitative estimate of drug-likeness (QED) is 0.736. The van der Waals surface area contributed by atoms with Crippen LogP contribution in [0.25, 0.3) is 0 Å². The van der Waals surface area contributed by atoms with Crippen LogP contribution in [-0.4, -0.2) is 44.0 Å². The molecule has 1 aromatic heterocycles. The molecule has 26 heavy (non-hydrogen) atoms. The summed E-state index contributed by atoms with van der Waals surface area (Å²) in [5.74, 6) is 0.615. The molecule has 1 atom stereocenters. The molecule has 2 amide bonds. The highest BCUT2D eigenvalue weighted by molar-refractivity contribution is 7.14. The minimum Gasteiger partial charge on any atom is -0.497 e. The van der Waals surface area contributed by atoms with E-state index >= 15 is 0 Å². The van der Waals surface area contributed by atoms with Crippen molar-refractivity contribution in [2.45, 2.75) is 19.5 Å². The van der Waals surface area contributed by atoms with Gasteiger partial charge in [0.15, 0.2) is 0 Å². The number of hydrogen-bond donors (Lipinski definition) is 2. The first-order chi connectivity index (χ1) is 12.4. The lowest BCUT2D eigenvalue weighted by Gasteiger charge is -2.24. The van der Waals surface area contributed by atoms with Crippen molar-refractivity contribution < 1.29 is 19.1 Å². The second kappa shape index (κ2) is 8.68. The van der Waals surface area contributed by atoms with Crippen molar-refractivity contribution in [1.29, 1.82) is 0 Å². The van der Waals surface area contributed by atoms with Crippen LogP contribution in [0, 0.1) is 0 Å². The van der Waals surface area contributed by atoms with Gasteiger partial charge in [-0.3, -0.25) is 14.5 Å². The number of primary amides is 1. The first-order valence-electron chi connectivity index (χ1n) is 7.96. The molecular formula is C18H23N3O4S. The Morgan fingerprint density at radius 3 is 2.62 bits per heavy atom. The highest BCUT2D eigenvalue weighted by Crippen LogP contribution is 2.26. The third-order valence-corrected chi connectivity index (χ3v) is 4.95. The molecule has 7 nitrogen and oxygen atoms in total. The van der Waals surface area contributed by atoms with Gasteiger partial charge in [-0.05, 0) is 31.5 Å². The van der Waals surface area contributed by atoms with E-state index in [9.17, 15) is 9.59 Å². The third-order valence-electron chi connectivity index (χ3n) is 4.12. The number of nitrogens with zero attached hydrogens (tertiary/aromatic N) is 1. The number of carbonyl (C=O) groups is 2. The number of nitrogens with two attached hydrogens (primary N) is 1. The molecule has 0 aliphatic heterocycles. The summed E-state index contributed by atoms with van der Waals surface area (Å²) in [5.41, 5.74) is 6.56. The SMILES string of the molecule is COc1ccc(CN(C)C(C)C(=O)Nc2sccc2C(N)=O)c(OC)c1. The number of benzene rings is 1. The standard InChI is InChI=1S/C18H23N3O4S/c1-11(17(23)20-18-14(16(19)22)7-8-26-18)21(2)10-12-5-6-13(24-3)9-15(12)25-4/h5-9,11H,10H2,1-4H3,(H2,19,22)(H,20,23). The van der Waals surface area contributed by atoms with Gasteiger partial charge in [-0.25, -0.2) is 0 Å². The molecule has 0 aliphatic carbocycles. The van der Waals surface area contributed by atoms with E-state index in [4.69, 9.17) is 15.2 Å². The molecule has 1 aromatic carbocycles. The maximum atomic E-state index is 12.5. The second-order valence-electron chi connectivity index (χ2n) is 5.79. The Bertz CT molecular complexity index is 790. The molecule has 3 N–H and O–H groups in total. The van der Waals surface area contributed by atoms with Crippen LogP contribution in [0.4, 0.5) is 5.00 Å². The summed E-state index contributed by atoms with van der Waals surface area (Å²) in [6, 6.07) is 6.73. The monoisotopic (exact) mass is 377 g/mol. The molecule has 0 bridgehead atoms. The van der Waals surface area contributed by atoms with Crippen molar-refractivity contribution in [2.24, 2.45) is 5.73 Å². The van der Waals surface area contributed by atoms with Gasteiger partial charge in [-0.1, -0.05) is 6.07 Å². The number of nitrogens with one attached hydrogen (secondary N) is 1. The van der Waals surface area contributed by atoms with E-state index in [1.807, 2.05) is 24.1 Å². The molecule has 1 unspecified atom stereocenters.